The molecule has 0 aliphatic rings. The monoisotopic (exact) mass is 280 g/mol. The Kier molecular flexibility index (Phi) is 3.15. The average Bonchev–Trinajstić information content (AvgIpc) is 2.14. The van der Waals surface area contributed by atoms with E-state index in [1.165, 1.54) is 0 Å². The Balaban J connectivity index is 3.42. The zero-order valence-corrected chi connectivity index (χ0v) is 8.69. The van der Waals surface area contributed by atoms with Crippen molar-refractivity contribution in [3.8, 4) is 11.5 Å². The van der Waals surface area contributed by atoms with E-state index in [9.17, 15) is 14.3 Å². The topological polar surface area (TPSA) is 98.0 Å². The van der Waals surface area contributed by atoms with Gasteiger partial charge in [-0.3, -0.25) is 0 Å². The van der Waals surface area contributed by atoms with Crippen LogP contribution in [0.4, 0.5) is 4.39 Å². The molecule has 4 N–H and O–H groups in total. The number of carbonyl (C=O) groups is 1. The second-order valence-corrected chi connectivity index (χ2v) is 3.55. The van der Waals surface area contributed by atoms with E-state index >= 15 is 0 Å². The summed E-state index contributed by atoms with van der Waals surface area (Å²) in [5.41, 5.74) is -0.499. The fourth-order valence-electron chi connectivity index (χ4n) is 0.995. The predicted octanol–water partition coefficient (Wildman–Crippen LogP) is 1.12. The number of benzene rings is 1. The van der Waals surface area contributed by atoms with Gasteiger partial charge in [0.25, 0.3) is 0 Å². The Hall–Kier alpha value is -1.34. The van der Waals surface area contributed by atoms with Crippen LogP contribution in [0.1, 0.15) is 11.7 Å². The third-order valence-electron chi connectivity index (χ3n) is 1.72. The maximum atomic E-state index is 12.8. The van der Waals surface area contributed by atoms with Gasteiger partial charge in [0.1, 0.15) is 0 Å². The van der Waals surface area contributed by atoms with Crippen molar-refractivity contribution in [1.82, 2.24) is 0 Å². The summed E-state index contributed by atoms with van der Waals surface area (Å²) in [5.74, 6) is -4.86. The van der Waals surface area contributed by atoms with Gasteiger partial charge in [-0.15, -0.1) is 0 Å². The zero-order chi connectivity index (χ0) is 11.7. The minimum Gasteiger partial charge on any atom is -0.504 e. The van der Waals surface area contributed by atoms with Crippen LogP contribution in [0, 0.1) is 5.82 Å². The summed E-state index contributed by atoms with van der Waals surface area (Å²) in [4.78, 5) is 10.4. The molecule has 0 aliphatic heterocycles. The Morgan fingerprint density at radius 3 is 2.40 bits per heavy atom. The van der Waals surface area contributed by atoms with Crippen molar-refractivity contribution >= 4 is 21.9 Å². The average molecular weight is 281 g/mol. The molecule has 0 saturated heterocycles. The van der Waals surface area contributed by atoms with Crippen molar-refractivity contribution in [2.24, 2.45) is 0 Å². The summed E-state index contributed by atoms with van der Waals surface area (Å²) < 4.78 is 12.7. The number of rotatable bonds is 2. The SMILES string of the molecule is O=C(O)C(O)c1c(Br)cc(F)c(O)c1O. The standard InChI is InChI=1S/C8H6BrFO5/c9-2-1-3(10)5(11)6(12)4(2)7(13)8(14)15/h1,7,11-13H,(H,14,15). The van der Waals surface area contributed by atoms with Crippen LogP contribution in [-0.4, -0.2) is 26.4 Å². The summed E-state index contributed by atoms with van der Waals surface area (Å²) in [6.07, 6.45) is -2.05. The first-order valence-corrected chi connectivity index (χ1v) is 4.46. The number of carboxylic acid groups (broad SMARTS) is 1. The Labute approximate surface area is 91.5 Å². The minimum atomic E-state index is -2.05. The van der Waals surface area contributed by atoms with E-state index in [0.29, 0.717) is 0 Å². The van der Waals surface area contributed by atoms with Crippen LogP contribution in [0.2, 0.25) is 0 Å². The maximum Gasteiger partial charge on any atom is 0.337 e. The van der Waals surface area contributed by atoms with Crippen LogP contribution >= 0.6 is 15.9 Å². The lowest BCUT2D eigenvalue weighted by atomic mass is 10.1. The molecule has 0 heterocycles. The molecular formula is C8H6BrFO5. The smallest absolute Gasteiger partial charge is 0.337 e. The summed E-state index contributed by atoms with van der Waals surface area (Å²) in [5, 5.41) is 35.9. The number of aromatic hydroxyl groups is 2. The van der Waals surface area contributed by atoms with Crippen molar-refractivity contribution in [1.29, 1.82) is 0 Å². The highest BCUT2D eigenvalue weighted by Crippen LogP contribution is 2.40. The van der Waals surface area contributed by atoms with E-state index in [1.807, 2.05) is 0 Å². The molecule has 5 nitrogen and oxygen atoms in total. The van der Waals surface area contributed by atoms with Crippen LogP contribution in [0.25, 0.3) is 0 Å². The summed E-state index contributed by atoms with van der Waals surface area (Å²) in [6, 6.07) is 0.747. The maximum absolute atomic E-state index is 12.8. The number of hydrogen-bond acceptors (Lipinski definition) is 4. The molecule has 1 aromatic carbocycles. The molecule has 15 heavy (non-hydrogen) atoms. The molecular weight excluding hydrogens is 275 g/mol. The normalized spacial score (nSPS) is 12.5. The molecule has 0 fully saturated rings. The van der Waals surface area contributed by atoms with Crippen molar-refractivity contribution < 1.29 is 29.6 Å². The first-order valence-electron chi connectivity index (χ1n) is 3.67. The molecule has 0 spiro atoms. The minimum absolute atomic E-state index is 0.148. The molecule has 1 rings (SSSR count). The van der Waals surface area contributed by atoms with Crippen LogP contribution in [0.5, 0.6) is 11.5 Å². The lowest BCUT2D eigenvalue weighted by Crippen LogP contribution is -2.11. The first-order chi connectivity index (χ1) is 6.86. The summed E-state index contributed by atoms with van der Waals surface area (Å²) >= 11 is 2.77. The number of aliphatic hydroxyl groups is 1. The first kappa shape index (κ1) is 11.7. The number of phenolic OH excluding ortho intramolecular Hbond substituents is 2. The summed E-state index contributed by atoms with van der Waals surface area (Å²) in [7, 11) is 0. The van der Waals surface area contributed by atoms with Crippen molar-refractivity contribution in [2.75, 3.05) is 0 Å². The lowest BCUT2D eigenvalue weighted by Gasteiger charge is -2.12. The molecule has 82 valence electrons. The molecule has 0 saturated carbocycles. The molecule has 1 aromatic rings. The Bertz CT molecular complexity index is 420. The van der Waals surface area contributed by atoms with Gasteiger partial charge in [0.2, 0.25) is 0 Å². The molecule has 7 heteroatoms. The van der Waals surface area contributed by atoms with Crippen molar-refractivity contribution in [3.63, 3.8) is 0 Å². The third-order valence-corrected chi connectivity index (χ3v) is 2.38. The molecule has 0 amide bonds. The number of hydrogen-bond donors (Lipinski definition) is 4. The summed E-state index contributed by atoms with van der Waals surface area (Å²) in [6.45, 7) is 0. The van der Waals surface area contributed by atoms with E-state index in [1.54, 1.807) is 0 Å². The largest absolute Gasteiger partial charge is 0.504 e. The number of aliphatic carboxylic acids is 1. The molecule has 1 unspecified atom stereocenters. The molecule has 0 aromatic heterocycles. The molecule has 1 atom stereocenters. The molecule has 0 bridgehead atoms. The number of halogens is 2. The van der Waals surface area contributed by atoms with Gasteiger partial charge >= 0.3 is 5.97 Å². The van der Waals surface area contributed by atoms with Gasteiger partial charge in [0, 0.05) is 4.47 Å². The highest BCUT2D eigenvalue weighted by atomic mass is 79.9. The van der Waals surface area contributed by atoms with E-state index in [4.69, 9.17) is 15.3 Å². The highest BCUT2D eigenvalue weighted by molar-refractivity contribution is 9.10. The zero-order valence-electron chi connectivity index (χ0n) is 7.11. The number of phenols is 2. The van der Waals surface area contributed by atoms with Crippen LogP contribution in [0.15, 0.2) is 10.5 Å². The van der Waals surface area contributed by atoms with E-state index in [0.717, 1.165) is 6.07 Å². The highest BCUT2D eigenvalue weighted by Gasteiger charge is 2.26. The van der Waals surface area contributed by atoms with E-state index in [2.05, 4.69) is 15.9 Å². The van der Waals surface area contributed by atoms with Gasteiger partial charge in [0.15, 0.2) is 23.4 Å². The second kappa shape index (κ2) is 4.03. The fraction of sp³-hybridized carbons (Fsp3) is 0.125. The van der Waals surface area contributed by atoms with Gasteiger partial charge < -0.3 is 20.4 Å². The van der Waals surface area contributed by atoms with Crippen molar-refractivity contribution in [2.45, 2.75) is 6.10 Å². The predicted molar refractivity (Wildman–Crippen MR) is 50.0 cm³/mol. The third kappa shape index (κ3) is 2.02. The van der Waals surface area contributed by atoms with Crippen LogP contribution in [-0.2, 0) is 4.79 Å². The van der Waals surface area contributed by atoms with Gasteiger partial charge in [-0.1, -0.05) is 15.9 Å². The van der Waals surface area contributed by atoms with Crippen LogP contribution in [0.3, 0.4) is 0 Å². The van der Waals surface area contributed by atoms with Crippen molar-refractivity contribution in [3.05, 3.63) is 21.9 Å². The van der Waals surface area contributed by atoms with Gasteiger partial charge in [-0.25, -0.2) is 9.18 Å². The molecule has 0 radical (unpaired) electrons. The Morgan fingerprint density at radius 2 is 1.93 bits per heavy atom. The quantitative estimate of drug-likeness (QED) is 0.609. The second-order valence-electron chi connectivity index (χ2n) is 2.69. The van der Waals surface area contributed by atoms with E-state index in [-0.39, 0.29) is 4.47 Å². The lowest BCUT2D eigenvalue weighted by molar-refractivity contribution is -0.147. The van der Waals surface area contributed by atoms with Gasteiger partial charge in [-0.05, 0) is 6.07 Å². The van der Waals surface area contributed by atoms with Gasteiger partial charge in [0.05, 0.1) is 5.56 Å². The Morgan fingerprint density at radius 1 is 1.40 bits per heavy atom. The van der Waals surface area contributed by atoms with E-state index < -0.39 is 35.0 Å². The molecule has 0 aliphatic carbocycles. The van der Waals surface area contributed by atoms with Gasteiger partial charge in [-0.2, -0.15) is 0 Å². The fourth-order valence-corrected chi connectivity index (χ4v) is 1.60. The van der Waals surface area contributed by atoms with Crippen LogP contribution < -0.4 is 0 Å². The number of carboxylic acids is 1. The number of aliphatic hydroxyl groups excluding tert-OH is 1.